The maximum atomic E-state index is 11.9. The number of nitrogens with one attached hydrogen (secondary N) is 1. The molecule has 108 valence electrons. The van der Waals surface area contributed by atoms with Crippen molar-refractivity contribution in [1.82, 2.24) is 4.72 Å². The fourth-order valence-electron chi connectivity index (χ4n) is 1.35. The minimum atomic E-state index is -3.41. The molecule has 0 aromatic heterocycles. The van der Waals surface area contributed by atoms with Gasteiger partial charge in [0.15, 0.2) is 0 Å². The van der Waals surface area contributed by atoms with Crippen LogP contribution in [0.3, 0.4) is 0 Å². The number of benzene rings is 1. The second-order valence-corrected chi connectivity index (χ2v) is 6.61. The monoisotopic (exact) mass is 304 g/mol. The molecule has 0 aliphatic carbocycles. The third-order valence-corrected chi connectivity index (χ3v) is 4.44. The Morgan fingerprint density at radius 3 is 2.58 bits per heavy atom. The van der Waals surface area contributed by atoms with E-state index in [-0.39, 0.29) is 4.90 Å². The lowest BCUT2D eigenvalue weighted by Crippen LogP contribution is -2.25. The van der Waals surface area contributed by atoms with Crippen LogP contribution in [0.5, 0.6) is 5.75 Å². The molecule has 1 rings (SSSR count). The Kier molecular flexibility index (Phi) is 7.22. The molecule has 1 aromatic rings. The number of nitrogens with two attached hydrogens (primary N) is 1. The van der Waals surface area contributed by atoms with Crippen LogP contribution in [-0.4, -0.2) is 40.1 Å². The topological polar surface area (TPSA) is 81.4 Å². The Labute approximate surface area is 119 Å². The molecule has 0 saturated heterocycles. The molecule has 0 amide bonds. The van der Waals surface area contributed by atoms with Crippen LogP contribution in [0, 0.1) is 0 Å². The molecule has 0 fully saturated rings. The Hall–Kier alpha value is -0.760. The van der Waals surface area contributed by atoms with E-state index in [0.29, 0.717) is 25.4 Å². The molecule has 0 aliphatic heterocycles. The molecule has 0 atom stereocenters. The summed E-state index contributed by atoms with van der Waals surface area (Å²) in [7, 11) is -3.41. The predicted molar refractivity (Wildman–Crippen MR) is 79.2 cm³/mol. The van der Waals surface area contributed by atoms with Gasteiger partial charge in [-0.3, -0.25) is 0 Å². The van der Waals surface area contributed by atoms with Crippen molar-refractivity contribution < 1.29 is 13.2 Å². The summed E-state index contributed by atoms with van der Waals surface area (Å²) in [5.74, 6) is 1.40. The molecule has 1 aromatic carbocycles. The summed E-state index contributed by atoms with van der Waals surface area (Å²) >= 11 is 1.59. The van der Waals surface area contributed by atoms with Gasteiger partial charge in [0.05, 0.1) is 11.5 Å². The number of hydrogen-bond acceptors (Lipinski definition) is 5. The molecule has 3 N–H and O–H groups in total. The molecule has 0 radical (unpaired) electrons. The van der Waals surface area contributed by atoms with Gasteiger partial charge in [0.2, 0.25) is 10.0 Å². The molecular formula is C12H20N2O3S2. The molecule has 0 saturated carbocycles. The molecule has 7 heteroatoms. The SMILES string of the molecule is CSCCNS(=O)(=O)c1ccc(OCCCN)cc1. The third kappa shape index (κ3) is 5.82. The van der Waals surface area contributed by atoms with Gasteiger partial charge in [-0.15, -0.1) is 0 Å². The van der Waals surface area contributed by atoms with Crippen LogP contribution in [0.4, 0.5) is 0 Å². The highest BCUT2D eigenvalue weighted by molar-refractivity contribution is 7.98. The highest BCUT2D eigenvalue weighted by atomic mass is 32.2. The first-order valence-electron chi connectivity index (χ1n) is 6.01. The van der Waals surface area contributed by atoms with Crippen molar-refractivity contribution >= 4 is 21.8 Å². The quantitative estimate of drug-likeness (QED) is 0.667. The Morgan fingerprint density at radius 2 is 2.00 bits per heavy atom. The molecule has 0 unspecified atom stereocenters. The third-order valence-electron chi connectivity index (χ3n) is 2.35. The molecule has 0 heterocycles. The number of hydrogen-bond donors (Lipinski definition) is 2. The van der Waals surface area contributed by atoms with Crippen molar-refractivity contribution in [2.24, 2.45) is 5.73 Å². The van der Waals surface area contributed by atoms with Crippen molar-refractivity contribution in [2.45, 2.75) is 11.3 Å². The fourth-order valence-corrected chi connectivity index (χ4v) is 2.82. The van der Waals surface area contributed by atoms with E-state index in [1.165, 1.54) is 0 Å². The van der Waals surface area contributed by atoms with Gasteiger partial charge < -0.3 is 10.5 Å². The Morgan fingerprint density at radius 1 is 1.32 bits per heavy atom. The summed E-state index contributed by atoms with van der Waals surface area (Å²) in [6, 6.07) is 6.39. The fraction of sp³-hybridized carbons (Fsp3) is 0.500. The molecule has 5 nitrogen and oxygen atoms in total. The van der Waals surface area contributed by atoms with Crippen molar-refractivity contribution in [3.05, 3.63) is 24.3 Å². The van der Waals surface area contributed by atoms with Crippen LogP contribution in [0.15, 0.2) is 29.2 Å². The van der Waals surface area contributed by atoms with E-state index >= 15 is 0 Å². The highest BCUT2D eigenvalue weighted by Gasteiger charge is 2.12. The normalized spacial score (nSPS) is 11.5. The van der Waals surface area contributed by atoms with Crippen LogP contribution in [-0.2, 0) is 10.0 Å². The molecule has 19 heavy (non-hydrogen) atoms. The van der Waals surface area contributed by atoms with Crippen molar-refractivity contribution in [2.75, 3.05) is 31.7 Å². The summed E-state index contributed by atoms with van der Waals surface area (Å²) in [5.41, 5.74) is 5.36. The lowest BCUT2D eigenvalue weighted by molar-refractivity contribution is 0.313. The van der Waals surface area contributed by atoms with Crippen LogP contribution in [0.1, 0.15) is 6.42 Å². The zero-order valence-corrected chi connectivity index (χ0v) is 12.6. The van der Waals surface area contributed by atoms with E-state index in [0.717, 1.165) is 12.2 Å². The average Bonchev–Trinajstić information content (AvgIpc) is 2.40. The molecule has 0 aliphatic rings. The zero-order chi connectivity index (χ0) is 14.1. The zero-order valence-electron chi connectivity index (χ0n) is 11.0. The predicted octanol–water partition coefficient (Wildman–Crippen LogP) is 1.06. The standard InChI is InChI=1S/C12H20N2O3S2/c1-18-10-8-14-19(15,16)12-5-3-11(4-6-12)17-9-2-7-13/h3-6,14H,2,7-10,13H2,1H3. The summed E-state index contributed by atoms with van der Waals surface area (Å²) in [4.78, 5) is 0.250. The van der Waals surface area contributed by atoms with Crippen molar-refractivity contribution in [3.63, 3.8) is 0 Å². The summed E-state index contributed by atoms with van der Waals surface area (Å²) in [6.07, 6.45) is 2.71. The summed E-state index contributed by atoms with van der Waals surface area (Å²) in [5, 5.41) is 0. The lowest BCUT2D eigenvalue weighted by atomic mass is 10.3. The molecule has 0 bridgehead atoms. The van der Waals surface area contributed by atoms with Crippen LogP contribution >= 0.6 is 11.8 Å². The largest absolute Gasteiger partial charge is 0.494 e. The first-order chi connectivity index (χ1) is 9.10. The maximum Gasteiger partial charge on any atom is 0.240 e. The van der Waals surface area contributed by atoms with E-state index in [2.05, 4.69) is 4.72 Å². The lowest BCUT2D eigenvalue weighted by Gasteiger charge is -2.08. The van der Waals surface area contributed by atoms with Gasteiger partial charge in [0.1, 0.15) is 5.75 Å². The Balaban J connectivity index is 2.59. The van der Waals surface area contributed by atoms with Crippen LogP contribution in [0.25, 0.3) is 0 Å². The van der Waals surface area contributed by atoms with Gasteiger partial charge >= 0.3 is 0 Å². The second-order valence-electron chi connectivity index (χ2n) is 3.85. The van der Waals surface area contributed by atoms with Gasteiger partial charge in [-0.1, -0.05) is 0 Å². The van der Waals surface area contributed by atoms with Crippen LogP contribution in [0.2, 0.25) is 0 Å². The number of ether oxygens (including phenoxy) is 1. The average molecular weight is 304 g/mol. The number of rotatable bonds is 9. The number of thioether (sulfide) groups is 1. The van der Waals surface area contributed by atoms with Gasteiger partial charge in [-0.05, 0) is 43.5 Å². The second kappa shape index (κ2) is 8.42. The van der Waals surface area contributed by atoms with Gasteiger partial charge in [0, 0.05) is 12.3 Å². The Bertz CT molecular complexity index is 460. The highest BCUT2D eigenvalue weighted by Crippen LogP contribution is 2.16. The van der Waals surface area contributed by atoms with Crippen molar-refractivity contribution in [3.8, 4) is 5.75 Å². The van der Waals surface area contributed by atoms with E-state index in [1.807, 2.05) is 6.26 Å². The molecule has 0 spiro atoms. The van der Waals surface area contributed by atoms with E-state index < -0.39 is 10.0 Å². The minimum absolute atomic E-state index is 0.250. The first kappa shape index (κ1) is 16.3. The summed E-state index contributed by atoms with van der Waals surface area (Å²) < 4.78 is 31.8. The maximum absolute atomic E-state index is 11.9. The molecular weight excluding hydrogens is 284 g/mol. The minimum Gasteiger partial charge on any atom is -0.494 e. The van der Waals surface area contributed by atoms with Gasteiger partial charge in [-0.2, -0.15) is 11.8 Å². The summed E-state index contributed by atoms with van der Waals surface area (Å²) in [6.45, 7) is 1.54. The van der Waals surface area contributed by atoms with E-state index in [1.54, 1.807) is 36.0 Å². The van der Waals surface area contributed by atoms with E-state index in [4.69, 9.17) is 10.5 Å². The van der Waals surface area contributed by atoms with Crippen molar-refractivity contribution in [1.29, 1.82) is 0 Å². The first-order valence-corrected chi connectivity index (χ1v) is 8.89. The smallest absolute Gasteiger partial charge is 0.240 e. The van der Waals surface area contributed by atoms with Gasteiger partial charge in [0.25, 0.3) is 0 Å². The van der Waals surface area contributed by atoms with Gasteiger partial charge in [-0.25, -0.2) is 13.1 Å². The number of sulfonamides is 1. The van der Waals surface area contributed by atoms with Crippen LogP contribution < -0.4 is 15.2 Å². The van der Waals surface area contributed by atoms with E-state index in [9.17, 15) is 8.42 Å².